The minimum absolute atomic E-state index is 0.0301. The molecule has 0 amide bonds. The van der Waals surface area contributed by atoms with Crippen LogP contribution in [0.2, 0.25) is 0 Å². The van der Waals surface area contributed by atoms with Crippen LogP contribution in [0, 0.1) is 0 Å². The second-order valence-corrected chi connectivity index (χ2v) is 3.03. The molecule has 0 aliphatic rings. The van der Waals surface area contributed by atoms with Crippen molar-refractivity contribution in [3.63, 3.8) is 0 Å². The van der Waals surface area contributed by atoms with Gasteiger partial charge in [-0.2, -0.15) is 0 Å². The molecule has 0 radical (unpaired) electrons. The summed E-state index contributed by atoms with van der Waals surface area (Å²) in [5.41, 5.74) is 0.750. The Balaban J connectivity index is 2.87. The van der Waals surface area contributed by atoms with Crippen LogP contribution in [0.1, 0.15) is 23.6 Å². The minimum atomic E-state index is 0.0301. The first-order chi connectivity index (χ1) is 5.25. The van der Waals surface area contributed by atoms with Crippen molar-refractivity contribution in [2.75, 3.05) is 0 Å². The fourth-order valence-corrected chi connectivity index (χ4v) is 1.28. The van der Waals surface area contributed by atoms with Crippen molar-refractivity contribution in [3.05, 3.63) is 28.2 Å². The molecule has 0 saturated heterocycles. The van der Waals surface area contributed by atoms with Crippen LogP contribution in [0.3, 0.4) is 0 Å². The van der Waals surface area contributed by atoms with E-state index in [9.17, 15) is 4.79 Å². The number of thiazole rings is 1. The van der Waals surface area contributed by atoms with Gasteiger partial charge in [-0.3, -0.25) is 4.79 Å². The molecule has 3 heteroatoms. The Morgan fingerprint density at radius 2 is 2.45 bits per heavy atom. The van der Waals surface area contributed by atoms with Crippen molar-refractivity contribution in [1.29, 1.82) is 0 Å². The van der Waals surface area contributed by atoms with E-state index in [2.05, 4.69) is 4.98 Å². The van der Waals surface area contributed by atoms with Crippen LogP contribution in [-0.2, 0) is 0 Å². The standard InChI is InChI=1S/C8H9NOS/c1-3-6(2)7(10)8-9-4-5-11-8/h3-5H,1-2H3. The van der Waals surface area contributed by atoms with Crippen LogP contribution in [0.25, 0.3) is 0 Å². The van der Waals surface area contributed by atoms with Crippen molar-refractivity contribution in [2.45, 2.75) is 13.8 Å². The van der Waals surface area contributed by atoms with E-state index in [1.807, 2.05) is 6.92 Å². The van der Waals surface area contributed by atoms with Gasteiger partial charge in [0, 0.05) is 11.6 Å². The van der Waals surface area contributed by atoms with E-state index >= 15 is 0 Å². The first kappa shape index (κ1) is 8.14. The Labute approximate surface area is 69.6 Å². The Morgan fingerprint density at radius 1 is 1.73 bits per heavy atom. The van der Waals surface area contributed by atoms with E-state index in [4.69, 9.17) is 0 Å². The molecule has 0 bridgehead atoms. The molecule has 0 N–H and O–H groups in total. The Kier molecular flexibility index (Phi) is 2.54. The molecule has 0 aromatic carbocycles. The zero-order chi connectivity index (χ0) is 8.27. The molecule has 0 saturated carbocycles. The molecule has 1 heterocycles. The molecule has 0 atom stereocenters. The summed E-state index contributed by atoms with van der Waals surface area (Å²) in [4.78, 5) is 15.2. The van der Waals surface area contributed by atoms with E-state index in [0.29, 0.717) is 5.01 Å². The highest BCUT2D eigenvalue weighted by Crippen LogP contribution is 2.09. The molecular formula is C8H9NOS. The SMILES string of the molecule is CC=C(C)C(=O)c1nccs1. The highest BCUT2D eigenvalue weighted by Gasteiger charge is 2.08. The Hall–Kier alpha value is -0.960. The zero-order valence-corrected chi connectivity index (χ0v) is 7.31. The molecule has 0 fully saturated rings. The van der Waals surface area contributed by atoms with Crippen LogP contribution in [-0.4, -0.2) is 10.8 Å². The summed E-state index contributed by atoms with van der Waals surface area (Å²) in [6, 6.07) is 0. The second kappa shape index (κ2) is 3.44. The molecule has 0 unspecified atom stereocenters. The number of rotatable bonds is 2. The summed E-state index contributed by atoms with van der Waals surface area (Å²) < 4.78 is 0. The topological polar surface area (TPSA) is 30.0 Å². The van der Waals surface area contributed by atoms with E-state index in [-0.39, 0.29) is 5.78 Å². The third-order valence-corrected chi connectivity index (χ3v) is 2.19. The van der Waals surface area contributed by atoms with Crippen molar-refractivity contribution in [1.82, 2.24) is 4.98 Å². The van der Waals surface area contributed by atoms with E-state index in [0.717, 1.165) is 5.57 Å². The van der Waals surface area contributed by atoms with Gasteiger partial charge in [-0.15, -0.1) is 11.3 Å². The summed E-state index contributed by atoms with van der Waals surface area (Å²) in [5, 5.41) is 2.37. The third-order valence-electron chi connectivity index (χ3n) is 1.42. The smallest absolute Gasteiger partial charge is 0.216 e. The monoisotopic (exact) mass is 167 g/mol. The van der Waals surface area contributed by atoms with Gasteiger partial charge in [0.1, 0.15) is 0 Å². The normalized spacial score (nSPS) is 11.6. The first-order valence-corrected chi connectivity index (χ1v) is 4.20. The van der Waals surface area contributed by atoms with E-state index in [1.165, 1.54) is 11.3 Å². The third kappa shape index (κ3) is 1.74. The minimum Gasteiger partial charge on any atom is -0.286 e. The molecule has 0 spiro atoms. The molecule has 1 aromatic rings. The number of allylic oxidation sites excluding steroid dienone is 2. The number of Topliss-reactive ketones (excluding diaryl/α,β-unsaturated/α-hetero) is 1. The van der Waals surface area contributed by atoms with Crippen molar-refractivity contribution < 1.29 is 4.79 Å². The maximum Gasteiger partial charge on any atom is 0.216 e. The molecular weight excluding hydrogens is 158 g/mol. The highest BCUT2D eigenvalue weighted by molar-refractivity contribution is 7.11. The van der Waals surface area contributed by atoms with Crippen LogP contribution < -0.4 is 0 Å². The Bertz CT molecular complexity index is 274. The van der Waals surface area contributed by atoms with Gasteiger partial charge in [-0.05, 0) is 19.4 Å². The van der Waals surface area contributed by atoms with Gasteiger partial charge in [-0.1, -0.05) is 6.08 Å². The summed E-state index contributed by atoms with van der Waals surface area (Å²) in [6.07, 6.45) is 3.44. The van der Waals surface area contributed by atoms with Gasteiger partial charge >= 0.3 is 0 Å². The first-order valence-electron chi connectivity index (χ1n) is 3.33. The lowest BCUT2D eigenvalue weighted by Crippen LogP contribution is -1.98. The predicted octanol–water partition coefficient (Wildman–Crippen LogP) is 2.29. The number of ketones is 1. The lowest BCUT2D eigenvalue weighted by atomic mass is 10.2. The van der Waals surface area contributed by atoms with Crippen molar-refractivity contribution in [2.24, 2.45) is 0 Å². The van der Waals surface area contributed by atoms with Crippen LogP contribution in [0.15, 0.2) is 23.2 Å². The predicted molar refractivity (Wildman–Crippen MR) is 45.9 cm³/mol. The van der Waals surface area contributed by atoms with Crippen LogP contribution >= 0.6 is 11.3 Å². The average molecular weight is 167 g/mol. The maximum absolute atomic E-state index is 11.3. The van der Waals surface area contributed by atoms with E-state index in [1.54, 1.807) is 24.6 Å². The lowest BCUT2D eigenvalue weighted by molar-refractivity contribution is 0.103. The summed E-state index contributed by atoms with van der Waals surface area (Å²) in [7, 11) is 0. The van der Waals surface area contributed by atoms with Crippen molar-refractivity contribution >= 4 is 17.1 Å². The van der Waals surface area contributed by atoms with Gasteiger partial charge in [0.25, 0.3) is 0 Å². The van der Waals surface area contributed by atoms with Crippen LogP contribution in [0.5, 0.6) is 0 Å². The summed E-state index contributed by atoms with van der Waals surface area (Å²) in [6.45, 7) is 3.64. The van der Waals surface area contributed by atoms with Gasteiger partial charge in [0.05, 0.1) is 0 Å². The maximum atomic E-state index is 11.3. The quantitative estimate of drug-likeness (QED) is 0.499. The van der Waals surface area contributed by atoms with E-state index < -0.39 is 0 Å². The summed E-state index contributed by atoms with van der Waals surface area (Å²) in [5.74, 6) is 0.0301. The van der Waals surface area contributed by atoms with Crippen molar-refractivity contribution in [3.8, 4) is 0 Å². The molecule has 2 nitrogen and oxygen atoms in total. The molecule has 11 heavy (non-hydrogen) atoms. The van der Waals surface area contributed by atoms with Gasteiger partial charge in [-0.25, -0.2) is 4.98 Å². The van der Waals surface area contributed by atoms with Crippen LogP contribution in [0.4, 0.5) is 0 Å². The molecule has 1 rings (SSSR count). The highest BCUT2D eigenvalue weighted by atomic mass is 32.1. The molecule has 0 aliphatic carbocycles. The fourth-order valence-electron chi connectivity index (χ4n) is 0.635. The number of carbonyl (C=O) groups is 1. The second-order valence-electron chi connectivity index (χ2n) is 2.14. The van der Waals surface area contributed by atoms with Gasteiger partial charge in [0.2, 0.25) is 5.78 Å². The largest absolute Gasteiger partial charge is 0.286 e. The Morgan fingerprint density at radius 3 is 2.91 bits per heavy atom. The molecule has 1 aromatic heterocycles. The zero-order valence-electron chi connectivity index (χ0n) is 6.50. The number of carbonyl (C=O) groups excluding carboxylic acids is 1. The molecule has 58 valence electrons. The fraction of sp³-hybridized carbons (Fsp3) is 0.250. The number of hydrogen-bond acceptors (Lipinski definition) is 3. The van der Waals surface area contributed by atoms with Gasteiger partial charge in [0.15, 0.2) is 5.01 Å². The van der Waals surface area contributed by atoms with Gasteiger partial charge < -0.3 is 0 Å². The number of hydrogen-bond donors (Lipinski definition) is 0. The number of aromatic nitrogens is 1. The lowest BCUT2D eigenvalue weighted by Gasteiger charge is -1.92. The number of nitrogens with zero attached hydrogens (tertiary/aromatic N) is 1. The molecule has 0 aliphatic heterocycles. The average Bonchev–Trinajstić information content (AvgIpc) is 2.53. The summed E-state index contributed by atoms with van der Waals surface area (Å²) >= 11 is 1.37.